The highest BCUT2D eigenvalue weighted by molar-refractivity contribution is 5.88. The smallest absolute Gasteiger partial charge is 0.339 e. The Morgan fingerprint density at radius 2 is 2.04 bits per heavy atom. The van der Waals surface area contributed by atoms with E-state index < -0.39 is 0 Å². The molecular formula is C20H25NO5. The quantitative estimate of drug-likeness (QED) is 0.768. The van der Waals surface area contributed by atoms with Gasteiger partial charge in [0.15, 0.2) is 6.61 Å². The summed E-state index contributed by atoms with van der Waals surface area (Å²) in [7, 11) is 0. The highest BCUT2D eigenvalue weighted by Gasteiger charge is 2.27. The summed E-state index contributed by atoms with van der Waals surface area (Å²) in [6.45, 7) is 9.36. The molecule has 1 aromatic heterocycles. The SMILES string of the molecule is CCOC1CCN(C(=O)COc2cc(C)cc3oc(=O)c(C)c(C)c23)C1. The van der Waals surface area contributed by atoms with Crippen LogP contribution in [-0.4, -0.2) is 43.2 Å². The van der Waals surface area contributed by atoms with Crippen LogP contribution in [0.2, 0.25) is 0 Å². The van der Waals surface area contributed by atoms with E-state index in [1.54, 1.807) is 11.8 Å². The molecule has 0 saturated carbocycles. The van der Waals surface area contributed by atoms with Crippen molar-refractivity contribution in [2.24, 2.45) is 0 Å². The van der Waals surface area contributed by atoms with Crippen LogP contribution in [0.15, 0.2) is 21.3 Å². The fourth-order valence-corrected chi connectivity index (χ4v) is 3.36. The van der Waals surface area contributed by atoms with Gasteiger partial charge in [-0.2, -0.15) is 0 Å². The van der Waals surface area contributed by atoms with Gasteiger partial charge in [-0.3, -0.25) is 4.79 Å². The number of amides is 1. The van der Waals surface area contributed by atoms with Gasteiger partial charge in [0.25, 0.3) is 5.91 Å². The number of fused-ring (bicyclic) bond motifs is 1. The number of carbonyl (C=O) groups excluding carboxylic acids is 1. The molecule has 0 N–H and O–H groups in total. The Labute approximate surface area is 152 Å². The first-order chi connectivity index (χ1) is 12.4. The minimum absolute atomic E-state index is 0.0466. The summed E-state index contributed by atoms with van der Waals surface area (Å²) >= 11 is 0. The number of likely N-dealkylation sites (tertiary alicyclic amines) is 1. The van der Waals surface area contributed by atoms with E-state index >= 15 is 0 Å². The Morgan fingerprint density at radius 3 is 2.77 bits per heavy atom. The molecule has 1 amide bonds. The number of ether oxygens (including phenoxy) is 2. The van der Waals surface area contributed by atoms with Crippen LogP contribution in [0.25, 0.3) is 11.0 Å². The molecule has 1 fully saturated rings. The number of hydrogen-bond donors (Lipinski definition) is 0. The molecule has 1 unspecified atom stereocenters. The standard InChI is InChI=1S/C20H25NO5/c1-5-24-15-6-7-21(10-15)18(22)11-25-16-8-12(2)9-17-19(16)13(3)14(4)20(23)26-17/h8-9,15H,5-7,10-11H2,1-4H3. The lowest BCUT2D eigenvalue weighted by molar-refractivity contribution is -0.132. The molecule has 26 heavy (non-hydrogen) atoms. The topological polar surface area (TPSA) is 69.0 Å². The van der Waals surface area contributed by atoms with E-state index in [1.807, 2.05) is 32.9 Å². The van der Waals surface area contributed by atoms with Crippen molar-refractivity contribution >= 4 is 16.9 Å². The van der Waals surface area contributed by atoms with Crippen LogP contribution in [0.4, 0.5) is 0 Å². The number of carbonyl (C=O) groups is 1. The van der Waals surface area contributed by atoms with Crippen LogP contribution < -0.4 is 10.4 Å². The molecule has 1 aliphatic rings. The van der Waals surface area contributed by atoms with Gasteiger partial charge in [0.2, 0.25) is 0 Å². The number of aryl methyl sites for hydroxylation is 2. The molecule has 0 spiro atoms. The number of hydrogen-bond acceptors (Lipinski definition) is 5. The molecule has 140 valence electrons. The van der Waals surface area contributed by atoms with Crippen molar-refractivity contribution in [1.29, 1.82) is 0 Å². The van der Waals surface area contributed by atoms with Gasteiger partial charge in [-0.05, 0) is 57.4 Å². The maximum absolute atomic E-state index is 12.5. The van der Waals surface area contributed by atoms with Gasteiger partial charge >= 0.3 is 5.63 Å². The van der Waals surface area contributed by atoms with Gasteiger partial charge in [-0.1, -0.05) is 0 Å². The predicted octanol–water partition coefficient (Wildman–Crippen LogP) is 2.73. The monoisotopic (exact) mass is 359 g/mol. The first-order valence-corrected chi connectivity index (χ1v) is 8.97. The molecule has 1 atom stereocenters. The normalized spacial score (nSPS) is 17.1. The van der Waals surface area contributed by atoms with Crippen molar-refractivity contribution in [1.82, 2.24) is 4.90 Å². The van der Waals surface area contributed by atoms with Gasteiger partial charge in [0.05, 0.1) is 11.5 Å². The molecule has 0 aliphatic carbocycles. The lowest BCUT2D eigenvalue weighted by Crippen LogP contribution is -2.34. The third kappa shape index (κ3) is 3.60. The molecule has 0 bridgehead atoms. The fraction of sp³-hybridized carbons (Fsp3) is 0.500. The molecule has 3 rings (SSSR count). The lowest BCUT2D eigenvalue weighted by Gasteiger charge is -2.18. The van der Waals surface area contributed by atoms with E-state index in [-0.39, 0.29) is 24.2 Å². The Bertz CT molecular complexity index is 886. The van der Waals surface area contributed by atoms with Crippen LogP contribution in [0.5, 0.6) is 5.75 Å². The molecule has 1 aromatic carbocycles. The van der Waals surface area contributed by atoms with Crippen LogP contribution >= 0.6 is 0 Å². The van der Waals surface area contributed by atoms with Gasteiger partial charge in [0.1, 0.15) is 11.3 Å². The fourth-order valence-electron chi connectivity index (χ4n) is 3.36. The summed E-state index contributed by atoms with van der Waals surface area (Å²) in [5, 5.41) is 0.745. The third-order valence-corrected chi connectivity index (χ3v) is 4.91. The minimum Gasteiger partial charge on any atom is -0.483 e. The summed E-state index contributed by atoms with van der Waals surface area (Å²) in [6, 6.07) is 3.68. The second kappa shape index (κ2) is 7.50. The van der Waals surface area contributed by atoms with Crippen molar-refractivity contribution in [3.63, 3.8) is 0 Å². The minimum atomic E-state index is -0.346. The van der Waals surface area contributed by atoms with Crippen molar-refractivity contribution in [2.45, 2.75) is 40.2 Å². The maximum Gasteiger partial charge on any atom is 0.339 e. The molecule has 1 aliphatic heterocycles. The van der Waals surface area contributed by atoms with Gasteiger partial charge in [0, 0.05) is 25.3 Å². The summed E-state index contributed by atoms with van der Waals surface area (Å²) in [6.07, 6.45) is 0.971. The Balaban J connectivity index is 1.80. The van der Waals surface area contributed by atoms with Crippen molar-refractivity contribution in [3.8, 4) is 5.75 Å². The highest BCUT2D eigenvalue weighted by Crippen LogP contribution is 2.31. The zero-order valence-electron chi connectivity index (χ0n) is 15.8. The van der Waals surface area contributed by atoms with E-state index in [0.717, 1.165) is 22.9 Å². The van der Waals surface area contributed by atoms with Crippen LogP contribution in [0.1, 0.15) is 30.0 Å². The van der Waals surface area contributed by atoms with Gasteiger partial charge in [-0.25, -0.2) is 4.79 Å². The number of benzene rings is 1. The van der Waals surface area contributed by atoms with E-state index in [2.05, 4.69) is 0 Å². The first kappa shape index (κ1) is 18.5. The number of rotatable bonds is 5. The average Bonchev–Trinajstić information content (AvgIpc) is 3.06. The Hall–Kier alpha value is -2.34. The van der Waals surface area contributed by atoms with Crippen LogP contribution in [0.3, 0.4) is 0 Å². The molecule has 2 heterocycles. The Morgan fingerprint density at radius 1 is 1.27 bits per heavy atom. The van der Waals surface area contributed by atoms with E-state index in [0.29, 0.717) is 36.6 Å². The largest absolute Gasteiger partial charge is 0.483 e. The lowest BCUT2D eigenvalue weighted by atomic mass is 10.0. The first-order valence-electron chi connectivity index (χ1n) is 8.97. The summed E-state index contributed by atoms with van der Waals surface area (Å²) in [4.78, 5) is 26.2. The third-order valence-electron chi connectivity index (χ3n) is 4.91. The molecule has 6 nitrogen and oxygen atoms in total. The molecule has 0 radical (unpaired) electrons. The van der Waals surface area contributed by atoms with Gasteiger partial charge in [-0.15, -0.1) is 0 Å². The average molecular weight is 359 g/mol. The maximum atomic E-state index is 12.5. The highest BCUT2D eigenvalue weighted by atomic mass is 16.5. The predicted molar refractivity (Wildman–Crippen MR) is 98.8 cm³/mol. The van der Waals surface area contributed by atoms with E-state index in [9.17, 15) is 9.59 Å². The zero-order valence-corrected chi connectivity index (χ0v) is 15.8. The molecule has 1 saturated heterocycles. The second-order valence-corrected chi connectivity index (χ2v) is 6.77. The molecule has 6 heteroatoms. The zero-order chi connectivity index (χ0) is 18.8. The Kier molecular flexibility index (Phi) is 5.32. The van der Waals surface area contributed by atoms with Crippen LogP contribution in [0, 0.1) is 20.8 Å². The van der Waals surface area contributed by atoms with Crippen molar-refractivity contribution in [3.05, 3.63) is 39.2 Å². The summed E-state index contributed by atoms with van der Waals surface area (Å²) in [5.74, 6) is 0.506. The summed E-state index contributed by atoms with van der Waals surface area (Å²) < 4.78 is 16.8. The van der Waals surface area contributed by atoms with Crippen molar-refractivity contribution < 1.29 is 18.7 Å². The van der Waals surface area contributed by atoms with Crippen LogP contribution in [-0.2, 0) is 9.53 Å². The van der Waals surface area contributed by atoms with E-state index in [1.165, 1.54) is 0 Å². The van der Waals surface area contributed by atoms with E-state index in [4.69, 9.17) is 13.9 Å². The molecular weight excluding hydrogens is 334 g/mol. The second-order valence-electron chi connectivity index (χ2n) is 6.77. The van der Waals surface area contributed by atoms with Crippen molar-refractivity contribution in [2.75, 3.05) is 26.3 Å². The van der Waals surface area contributed by atoms with Gasteiger partial charge < -0.3 is 18.8 Å². The molecule has 2 aromatic rings. The summed E-state index contributed by atoms with van der Waals surface area (Å²) in [5.41, 5.74) is 2.41. The number of nitrogens with zero attached hydrogens (tertiary/aromatic N) is 1.